The van der Waals surface area contributed by atoms with Gasteiger partial charge in [0.2, 0.25) is 0 Å². The molecule has 3 rings (SSSR count). The van der Waals surface area contributed by atoms with Crippen LogP contribution in [0.3, 0.4) is 0 Å². The van der Waals surface area contributed by atoms with Gasteiger partial charge in [-0.3, -0.25) is 0 Å². The molecular weight excluding hydrogens is 358 g/mol. The Morgan fingerprint density at radius 2 is 2.00 bits per heavy atom. The lowest BCUT2D eigenvalue weighted by Crippen LogP contribution is -2.32. The van der Waals surface area contributed by atoms with Crippen molar-refractivity contribution in [2.75, 3.05) is 26.1 Å². The lowest BCUT2D eigenvalue weighted by molar-refractivity contribution is 0.184. The molecule has 0 aliphatic rings. The summed E-state index contributed by atoms with van der Waals surface area (Å²) in [7, 11) is 3.36. The van der Waals surface area contributed by atoms with Crippen LogP contribution < -0.4 is 5.32 Å². The van der Waals surface area contributed by atoms with Gasteiger partial charge in [-0.05, 0) is 44.2 Å². The van der Waals surface area contributed by atoms with Crippen molar-refractivity contribution in [3.8, 4) is 5.69 Å². The summed E-state index contributed by atoms with van der Waals surface area (Å²) in [6, 6.07) is 9.38. The Labute approximate surface area is 163 Å². The molecule has 0 saturated heterocycles. The van der Waals surface area contributed by atoms with Crippen LogP contribution in [0.1, 0.15) is 17.2 Å². The van der Waals surface area contributed by atoms with Crippen LogP contribution in [0, 0.1) is 13.8 Å². The Hall–Kier alpha value is -3.20. The van der Waals surface area contributed by atoms with Crippen molar-refractivity contribution in [2.45, 2.75) is 26.9 Å². The van der Waals surface area contributed by atoms with Crippen LogP contribution in [0.2, 0.25) is 0 Å². The Morgan fingerprint density at radius 1 is 1.25 bits per heavy atom. The number of carbonyl (C=O) groups is 1. The highest BCUT2D eigenvalue weighted by Crippen LogP contribution is 2.16. The van der Waals surface area contributed by atoms with Gasteiger partial charge in [0.15, 0.2) is 5.82 Å². The zero-order valence-corrected chi connectivity index (χ0v) is 16.6. The molecule has 9 nitrogen and oxygen atoms in total. The van der Waals surface area contributed by atoms with Gasteiger partial charge in [0.05, 0.1) is 24.5 Å². The molecule has 0 radical (unpaired) electrons. The van der Waals surface area contributed by atoms with Gasteiger partial charge in [0.25, 0.3) is 0 Å². The average Bonchev–Trinajstić information content (AvgIpc) is 3.25. The van der Waals surface area contributed by atoms with E-state index in [1.165, 1.54) is 0 Å². The van der Waals surface area contributed by atoms with E-state index in [9.17, 15) is 4.79 Å². The molecule has 9 heteroatoms. The van der Waals surface area contributed by atoms with Gasteiger partial charge < -0.3 is 19.5 Å². The Kier molecular flexibility index (Phi) is 6.05. The number of carbonyl (C=O) groups excluding carboxylic acids is 1. The van der Waals surface area contributed by atoms with Crippen LogP contribution >= 0.6 is 0 Å². The molecule has 0 saturated carbocycles. The number of nitrogens with zero attached hydrogens (tertiary/aromatic N) is 6. The van der Waals surface area contributed by atoms with Gasteiger partial charge in [0.1, 0.15) is 6.33 Å². The van der Waals surface area contributed by atoms with Gasteiger partial charge in [0, 0.05) is 32.1 Å². The highest BCUT2D eigenvalue weighted by Gasteiger charge is 2.13. The molecule has 0 aliphatic heterocycles. The van der Waals surface area contributed by atoms with Crippen LogP contribution in [-0.2, 0) is 17.8 Å². The average molecular weight is 383 g/mol. The van der Waals surface area contributed by atoms with Crippen molar-refractivity contribution >= 4 is 11.7 Å². The first-order valence-corrected chi connectivity index (χ1v) is 8.99. The molecule has 3 aromatic rings. The number of methoxy groups -OCH3 is 1. The number of aromatic nitrogens is 5. The minimum Gasteiger partial charge on any atom is -0.383 e. The molecule has 2 aromatic heterocycles. The fourth-order valence-corrected chi connectivity index (χ4v) is 2.86. The maximum absolute atomic E-state index is 12.5. The molecule has 1 aromatic carbocycles. The minimum absolute atomic E-state index is 0.222. The van der Waals surface area contributed by atoms with Crippen LogP contribution in [0.15, 0.2) is 36.7 Å². The van der Waals surface area contributed by atoms with Crippen molar-refractivity contribution in [3.05, 3.63) is 53.9 Å². The minimum atomic E-state index is -0.222. The molecule has 0 unspecified atom stereocenters. The van der Waals surface area contributed by atoms with Gasteiger partial charge >= 0.3 is 6.03 Å². The number of hydrogen-bond acceptors (Lipinski definition) is 5. The summed E-state index contributed by atoms with van der Waals surface area (Å²) < 4.78 is 8.82. The third kappa shape index (κ3) is 4.55. The summed E-state index contributed by atoms with van der Waals surface area (Å²) in [6.45, 7) is 5.52. The highest BCUT2D eigenvalue weighted by atomic mass is 16.5. The molecule has 28 heavy (non-hydrogen) atoms. The van der Waals surface area contributed by atoms with Crippen LogP contribution in [-0.4, -0.2) is 56.2 Å². The SMILES string of the molecule is COCCn1cnnc1CN(C)C(=O)Nc1ccc(-n2nc(C)cc2C)cc1. The van der Waals surface area contributed by atoms with Crippen LogP contribution in [0.4, 0.5) is 10.5 Å². The molecule has 0 atom stereocenters. The first-order chi connectivity index (χ1) is 13.5. The largest absolute Gasteiger partial charge is 0.383 e. The number of ether oxygens (including phenoxy) is 1. The van der Waals surface area contributed by atoms with E-state index in [0.29, 0.717) is 31.2 Å². The number of benzene rings is 1. The summed E-state index contributed by atoms with van der Waals surface area (Å²) in [5.74, 6) is 0.703. The fourth-order valence-electron chi connectivity index (χ4n) is 2.86. The smallest absolute Gasteiger partial charge is 0.321 e. The summed E-state index contributed by atoms with van der Waals surface area (Å²) in [6.07, 6.45) is 1.64. The van der Waals surface area contributed by atoms with E-state index in [2.05, 4.69) is 20.6 Å². The Balaban J connectivity index is 1.61. The van der Waals surface area contributed by atoms with Crippen LogP contribution in [0.25, 0.3) is 5.69 Å². The molecule has 2 heterocycles. The molecule has 0 aliphatic carbocycles. The number of rotatable bonds is 7. The molecule has 0 bridgehead atoms. The van der Waals surface area contributed by atoms with Gasteiger partial charge in [-0.25, -0.2) is 9.48 Å². The number of anilines is 1. The van der Waals surface area contributed by atoms with Crippen molar-refractivity contribution in [1.82, 2.24) is 29.4 Å². The first-order valence-electron chi connectivity index (χ1n) is 8.99. The van der Waals surface area contributed by atoms with Crippen molar-refractivity contribution in [3.63, 3.8) is 0 Å². The fraction of sp³-hybridized carbons (Fsp3) is 0.368. The standard InChI is InChI=1S/C19H25N7O2/c1-14-11-15(2)26(23-14)17-7-5-16(6-8-17)21-19(27)24(3)12-18-22-20-13-25(18)9-10-28-4/h5-8,11,13H,9-10,12H2,1-4H3,(H,21,27). The second-order valence-corrected chi connectivity index (χ2v) is 6.61. The predicted octanol–water partition coefficient (Wildman–Crippen LogP) is 2.39. The molecule has 1 N–H and O–H groups in total. The second-order valence-electron chi connectivity index (χ2n) is 6.61. The van der Waals surface area contributed by atoms with Crippen molar-refractivity contribution in [2.24, 2.45) is 0 Å². The molecular formula is C19H25N7O2. The van der Waals surface area contributed by atoms with Crippen LogP contribution in [0.5, 0.6) is 0 Å². The van der Waals surface area contributed by atoms with Gasteiger partial charge in [-0.2, -0.15) is 5.10 Å². The first kappa shape index (κ1) is 19.6. The summed E-state index contributed by atoms with van der Waals surface area (Å²) >= 11 is 0. The summed E-state index contributed by atoms with van der Waals surface area (Å²) in [5.41, 5.74) is 3.69. The van der Waals surface area contributed by atoms with E-state index in [-0.39, 0.29) is 6.03 Å². The molecule has 0 fully saturated rings. The van der Waals surface area contributed by atoms with Gasteiger partial charge in [-0.1, -0.05) is 0 Å². The second kappa shape index (κ2) is 8.66. The zero-order chi connectivity index (χ0) is 20.1. The van der Waals surface area contributed by atoms with E-state index >= 15 is 0 Å². The Morgan fingerprint density at radius 3 is 2.64 bits per heavy atom. The predicted molar refractivity (Wildman–Crippen MR) is 105 cm³/mol. The number of amides is 2. The third-order valence-electron chi connectivity index (χ3n) is 4.33. The number of aryl methyl sites for hydroxylation is 2. The summed E-state index contributed by atoms with van der Waals surface area (Å²) in [5, 5.41) is 15.3. The van der Waals surface area contributed by atoms with Crippen molar-refractivity contribution in [1.29, 1.82) is 0 Å². The lowest BCUT2D eigenvalue weighted by atomic mass is 10.2. The maximum Gasteiger partial charge on any atom is 0.321 e. The van der Waals surface area contributed by atoms with E-state index in [0.717, 1.165) is 17.1 Å². The van der Waals surface area contributed by atoms with E-state index in [1.807, 2.05) is 53.4 Å². The van der Waals surface area contributed by atoms with E-state index in [1.54, 1.807) is 25.4 Å². The topological polar surface area (TPSA) is 90.1 Å². The number of hydrogen-bond donors (Lipinski definition) is 1. The monoisotopic (exact) mass is 383 g/mol. The third-order valence-corrected chi connectivity index (χ3v) is 4.33. The number of nitrogens with one attached hydrogen (secondary N) is 1. The molecule has 148 valence electrons. The lowest BCUT2D eigenvalue weighted by Gasteiger charge is -2.18. The zero-order valence-electron chi connectivity index (χ0n) is 16.6. The molecule has 2 amide bonds. The van der Waals surface area contributed by atoms with Gasteiger partial charge in [-0.15, -0.1) is 10.2 Å². The maximum atomic E-state index is 12.5. The number of urea groups is 1. The van der Waals surface area contributed by atoms with E-state index in [4.69, 9.17) is 4.74 Å². The van der Waals surface area contributed by atoms with Crippen molar-refractivity contribution < 1.29 is 9.53 Å². The normalized spacial score (nSPS) is 10.9. The van der Waals surface area contributed by atoms with E-state index < -0.39 is 0 Å². The molecule has 0 spiro atoms. The highest BCUT2D eigenvalue weighted by molar-refractivity contribution is 5.89. The quantitative estimate of drug-likeness (QED) is 0.677. The summed E-state index contributed by atoms with van der Waals surface area (Å²) in [4.78, 5) is 14.0. The Bertz CT molecular complexity index is 930.